The number of carboxylic acid groups (broad SMARTS) is 1. The van der Waals surface area contributed by atoms with Gasteiger partial charge in [-0.05, 0) is 29.8 Å². The minimum absolute atomic E-state index is 0.0131. The van der Waals surface area contributed by atoms with Crippen LogP contribution in [0, 0.1) is 11.3 Å². The summed E-state index contributed by atoms with van der Waals surface area (Å²) in [5, 5.41) is 8.58. The first-order chi connectivity index (χ1) is 4.72. The highest BCUT2D eigenvalue weighted by molar-refractivity contribution is 8.00. The third-order valence-corrected chi connectivity index (χ3v) is 4.16. The molecule has 2 fully saturated rings. The Hall–Kier alpha value is -0.180. The highest BCUT2D eigenvalue weighted by Gasteiger charge is 2.51. The highest BCUT2D eigenvalue weighted by Crippen LogP contribution is 2.55. The van der Waals surface area contributed by atoms with Gasteiger partial charge in [0.15, 0.2) is 0 Å². The first-order valence-corrected chi connectivity index (χ1v) is 4.68. The van der Waals surface area contributed by atoms with Crippen molar-refractivity contribution in [3.05, 3.63) is 0 Å². The van der Waals surface area contributed by atoms with Crippen LogP contribution in [0.3, 0.4) is 0 Å². The van der Waals surface area contributed by atoms with E-state index in [1.54, 1.807) is 0 Å². The van der Waals surface area contributed by atoms with Crippen molar-refractivity contribution in [3.63, 3.8) is 0 Å². The Labute approximate surface area is 64.0 Å². The summed E-state index contributed by atoms with van der Waals surface area (Å²) in [6.07, 6.45) is 1.88. The van der Waals surface area contributed by atoms with Crippen molar-refractivity contribution >= 4 is 17.7 Å². The molecule has 1 aliphatic heterocycles. The lowest BCUT2D eigenvalue weighted by molar-refractivity contribution is -0.148. The van der Waals surface area contributed by atoms with Gasteiger partial charge in [-0.2, -0.15) is 11.8 Å². The van der Waals surface area contributed by atoms with Crippen molar-refractivity contribution in [2.45, 2.75) is 12.8 Å². The topological polar surface area (TPSA) is 37.3 Å². The zero-order valence-electron chi connectivity index (χ0n) is 5.67. The molecule has 0 amide bonds. The predicted molar refractivity (Wildman–Crippen MR) is 40.1 cm³/mol. The Morgan fingerprint density at radius 3 is 2.40 bits per heavy atom. The summed E-state index contributed by atoms with van der Waals surface area (Å²) in [6, 6.07) is 0. The van der Waals surface area contributed by atoms with E-state index in [4.69, 9.17) is 5.11 Å². The van der Waals surface area contributed by atoms with E-state index in [0.29, 0.717) is 5.41 Å². The summed E-state index contributed by atoms with van der Waals surface area (Å²) >= 11 is 1.94. The molecule has 0 aromatic carbocycles. The van der Waals surface area contributed by atoms with Crippen LogP contribution in [0.25, 0.3) is 0 Å². The van der Waals surface area contributed by atoms with Crippen molar-refractivity contribution in [1.82, 2.24) is 0 Å². The minimum atomic E-state index is -0.595. The summed E-state index contributed by atoms with van der Waals surface area (Å²) in [5.74, 6) is 1.80. The van der Waals surface area contributed by atoms with Crippen LogP contribution in [0.2, 0.25) is 0 Å². The van der Waals surface area contributed by atoms with Crippen molar-refractivity contribution in [2.75, 3.05) is 11.5 Å². The van der Waals surface area contributed by atoms with Gasteiger partial charge in [-0.1, -0.05) is 0 Å². The summed E-state index contributed by atoms with van der Waals surface area (Å²) < 4.78 is 0. The Kier molecular flexibility index (Phi) is 1.24. The molecule has 0 aromatic rings. The summed E-state index contributed by atoms with van der Waals surface area (Å²) in [7, 11) is 0. The maximum absolute atomic E-state index is 10.4. The van der Waals surface area contributed by atoms with E-state index in [0.717, 1.165) is 12.8 Å². The van der Waals surface area contributed by atoms with Gasteiger partial charge in [0.2, 0.25) is 0 Å². The lowest BCUT2D eigenvalue weighted by Gasteiger charge is -2.51. The molecule has 2 nitrogen and oxygen atoms in total. The minimum Gasteiger partial charge on any atom is -0.481 e. The van der Waals surface area contributed by atoms with E-state index in [-0.39, 0.29) is 5.92 Å². The van der Waals surface area contributed by atoms with Gasteiger partial charge in [0.25, 0.3) is 0 Å². The Morgan fingerprint density at radius 2 is 2.10 bits per heavy atom. The van der Waals surface area contributed by atoms with Gasteiger partial charge in [-0.3, -0.25) is 4.79 Å². The van der Waals surface area contributed by atoms with Crippen LogP contribution >= 0.6 is 11.8 Å². The Bertz CT molecular complexity index is 166. The fraction of sp³-hybridized carbons (Fsp3) is 0.857. The van der Waals surface area contributed by atoms with E-state index >= 15 is 0 Å². The molecule has 0 aromatic heterocycles. The van der Waals surface area contributed by atoms with Gasteiger partial charge >= 0.3 is 5.97 Å². The average molecular weight is 158 g/mol. The molecule has 1 heterocycles. The SMILES string of the molecule is O=C(O)C1CC2(CSC2)C1. The zero-order chi connectivity index (χ0) is 7.19. The number of hydrogen-bond donors (Lipinski definition) is 1. The molecule has 1 saturated heterocycles. The first kappa shape index (κ1) is 6.53. The molecule has 2 aliphatic rings. The van der Waals surface area contributed by atoms with Crippen LogP contribution in [0.1, 0.15) is 12.8 Å². The molecule has 10 heavy (non-hydrogen) atoms. The molecule has 1 spiro atoms. The van der Waals surface area contributed by atoms with Gasteiger partial charge < -0.3 is 5.11 Å². The number of hydrogen-bond acceptors (Lipinski definition) is 2. The third kappa shape index (κ3) is 0.764. The molecule has 0 bridgehead atoms. The predicted octanol–water partition coefficient (Wildman–Crippen LogP) is 1.21. The molecule has 0 unspecified atom stereocenters. The van der Waals surface area contributed by atoms with Gasteiger partial charge in [-0.15, -0.1) is 0 Å². The second-order valence-corrected chi connectivity index (χ2v) is 4.42. The van der Waals surface area contributed by atoms with Gasteiger partial charge in [0.1, 0.15) is 0 Å². The standard InChI is InChI=1S/C7H10O2S/c8-6(9)5-1-7(2-5)3-10-4-7/h5H,1-4H2,(H,8,9). The van der Waals surface area contributed by atoms with E-state index in [1.807, 2.05) is 11.8 Å². The smallest absolute Gasteiger partial charge is 0.306 e. The van der Waals surface area contributed by atoms with Crippen LogP contribution < -0.4 is 0 Å². The number of thioether (sulfide) groups is 1. The van der Waals surface area contributed by atoms with Crippen molar-refractivity contribution in [2.24, 2.45) is 11.3 Å². The first-order valence-electron chi connectivity index (χ1n) is 3.52. The molecule has 0 radical (unpaired) electrons. The number of carbonyl (C=O) groups is 1. The second kappa shape index (κ2) is 1.91. The second-order valence-electron chi connectivity index (χ2n) is 3.44. The Morgan fingerprint density at radius 1 is 1.50 bits per heavy atom. The van der Waals surface area contributed by atoms with E-state index in [1.165, 1.54) is 11.5 Å². The van der Waals surface area contributed by atoms with E-state index in [9.17, 15) is 4.79 Å². The van der Waals surface area contributed by atoms with Crippen LogP contribution in [-0.4, -0.2) is 22.6 Å². The van der Waals surface area contributed by atoms with Gasteiger partial charge in [0, 0.05) is 0 Å². The number of carboxylic acids is 1. The highest BCUT2D eigenvalue weighted by atomic mass is 32.2. The van der Waals surface area contributed by atoms with Crippen LogP contribution in [-0.2, 0) is 4.79 Å². The molecule has 2 rings (SSSR count). The van der Waals surface area contributed by atoms with Crippen LogP contribution in [0.5, 0.6) is 0 Å². The largest absolute Gasteiger partial charge is 0.481 e. The summed E-state index contributed by atoms with van der Waals surface area (Å²) in [5.41, 5.74) is 0.480. The fourth-order valence-electron chi connectivity index (χ4n) is 1.79. The normalized spacial score (nSPS) is 29.2. The molecule has 56 valence electrons. The van der Waals surface area contributed by atoms with Crippen molar-refractivity contribution in [1.29, 1.82) is 0 Å². The van der Waals surface area contributed by atoms with Crippen LogP contribution in [0.4, 0.5) is 0 Å². The molecular formula is C7H10O2S. The molecule has 0 atom stereocenters. The lowest BCUT2D eigenvalue weighted by atomic mass is 9.64. The maximum atomic E-state index is 10.4. The third-order valence-electron chi connectivity index (χ3n) is 2.52. The quantitative estimate of drug-likeness (QED) is 0.623. The maximum Gasteiger partial charge on any atom is 0.306 e. The van der Waals surface area contributed by atoms with E-state index < -0.39 is 5.97 Å². The van der Waals surface area contributed by atoms with Crippen molar-refractivity contribution < 1.29 is 9.90 Å². The summed E-state index contributed by atoms with van der Waals surface area (Å²) in [4.78, 5) is 10.4. The lowest BCUT2D eigenvalue weighted by Crippen LogP contribution is -2.49. The molecule has 1 aliphatic carbocycles. The Balaban J connectivity index is 1.88. The van der Waals surface area contributed by atoms with Crippen LogP contribution in [0.15, 0.2) is 0 Å². The molecular weight excluding hydrogens is 148 g/mol. The molecule has 1 saturated carbocycles. The fourth-order valence-corrected chi connectivity index (χ4v) is 3.04. The van der Waals surface area contributed by atoms with Crippen molar-refractivity contribution in [3.8, 4) is 0 Å². The number of rotatable bonds is 1. The molecule has 3 heteroatoms. The average Bonchev–Trinajstić information content (AvgIpc) is 1.54. The number of aliphatic carboxylic acids is 1. The van der Waals surface area contributed by atoms with Gasteiger partial charge in [-0.25, -0.2) is 0 Å². The monoisotopic (exact) mass is 158 g/mol. The van der Waals surface area contributed by atoms with Gasteiger partial charge in [0.05, 0.1) is 5.92 Å². The molecule has 1 N–H and O–H groups in total. The summed E-state index contributed by atoms with van der Waals surface area (Å²) in [6.45, 7) is 0. The van der Waals surface area contributed by atoms with E-state index in [2.05, 4.69) is 0 Å². The zero-order valence-corrected chi connectivity index (χ0v) is 6.49.